The number of nitrogens with one attached hydrogen (secondary N) is 1. The highest BCUT2D eigenvalue weighted by atomic mass is 35.5. The summed E-state index contributed by atoms with van der Waals surface area (Å²) in [5.74, 6) is 0.958. The monoisotopic (exact) mass is 318 g/mol. The Labute approximate surface area is 132 Å². The van der Waals surface area contributed by atoms with E-state index in [2.05, 4.69) is 28.3 Å². The maximum absolute atomic E-state index is 6.24. The largest absolute Gasteiger partial charge is 0.368 e. The normalized spacial score (nSPS) is 11.0. The van der Waals surface area contributed by atoms with Crippen LogP contribution in [-0.2, 0) is 6.42 Å². The molecular formula is C15H15ClN4S. The zero-order valence-corrected chi connectivity index (χ0v) is 13.3. The minimum absolute atomic E-state index is 0.262. The highest BCUT2D eigenvalue weighted by Gasteiger charge is 2.11. The van der Waals surface area contributed by atoms with Crippen LogP contribution < -0.4 is 11.1 Å². The number of thiophene rings is 1. The van der Waals surface area contributed by atoms with E-state index >= 15 is 0 Å². The molecule has 0 bridgehead atoms. The molecule has 0 atom stereocenters. The molecule has 21 heavy (non-hydrogen) atoms. The van der Waals surface area contributed by atoms with E-state index in [4.69, 9.17) is 17.3 Å². The first-order valence-electron chi connectivity index (χ1n) is 6.66. The molecule has 0 unspecified atom stereocenters. The second kappa shape index (κ2) is 5.50. The highest BCUT2D eigenvalue weighted by Crippen LogP contribution is 2.33. The highest BCUT2D eigenvalue weighted by molar-refractivity contribution is 7.18. The van der Waals surface area contributed by atoms with E-state index in [0.29, 0.717) is 10.8 Å². The molecule has 6 heteroatoms. The Morgan fingerprint density at radius 3 is 2.86 bits per heavy atom. The fourth-order valence-corrected chi connectivity index (χ4v) is 3.26. The maximum atomic E-state index is 6.24. The van der Waals surface area contributed by atoms with Gasteiger partial charge in [-0.1, -0.05) is 24.6 Å². The maximum Gasteiger partial charge on any atom is 0.223 e. The number of benzene rings is 1. The Kier molecular flexibility index (Phi) is 3.69. The number of aromatic nitrogens is 2. The van der Waals surface area contributed by atoms with E-state index in [-0.39, 0.29) is 5.95 Å². The van der Waals surface area contributed by atoms with Crippen molar-refractivity contribution in [1.82, 2.24) is 9.97 Å². The van der Waals surface area contributed by atoms with Gasteiger partial charge in [0.15, 0.2) is 0 Å². The fourth-order valence-electron chi connectivity index (χ4n) is 2.12. The van der Waals surface area contributed by atoms with Crippen LogP contribution in [0, 0.1) is 6.92 Å². The first-order chi connectivity index (χ1) is 10.1. The molecule has 1 aromatic carbocycles. The number of anilines is 3. The van der Waals surface area contributed by atoms with Gasteiger partial charge in [0, 0.05) is 4.88 Å². The van der Waals surface area contributed by atoms with Gasteiger partial charge in [-0.25, -0.2) is 4.98 Å². The quantitative estimate of drug-likeness (QED) is 0.744. The van der Waals surface area contributed by atoms with Gasteiger partial charge in [-0.05, 0) is 37.1 Å². The minimum atomic E-state index is 0.262. The van der Waals surface area contributed by atoms with Crippen molar-refractivity contribution in [2.24, 2.45) is 0 Å². The molecular weight excluding hydrogens is 304 g/mol. The third-order valence-corrected chi connectivity index (χ3v) is 4.69. The Morgan fingerprint density at radius 2 is 2.10 bits per heavy atom. The molecule has 4 nitrogen and oxygen atoms in total. The molecule has 2 aromatic heterocycles. The molecule has 0 radical (unpaired) electrons. The summed E-state index contributed by atoms with van der Waals surface area (Å²) in [6.45, 7) is 4.14. The summed E-state index contributed by atoms with van der Waals surface area (Å²) < 4.78 is 0. The summed E-state index contributed by atoms with van der Waals surface area (Å²) in [6.07, 6.45) is 0.964. The van der Waals surface area contributed by atoms with Crippen LogP contribution in [0.3, 0.4) is 0 Å². The van der Waals surface area contributed by atoms with Crippen LogP contribution in [0.1, 0.15) is 17.4 Å². The molecule has 3 rings (SSSR count). The van der Waals surface area contributed by atoms with E-state index in [1.54, 1.807) is 11.3 Å². The summed E-state index contributed by atoms with van der Waals surface area (Å²) in [4.78, 5) is 10.8. The predicted octanol–water partition coefficient (Wildman–Crippen LogP) is 4.54. The number of hydrogen-bond acceptors (Lipinski definition) is 5. The van der Waals surface area contributed by atoms with Crippen LogP contribution in [0.4, 0.5) is 17.5 Å². The van der Waals surface area contributed by atoms with Crippen LogP contribution in [0.15, 0.2) is 24.3 Å². The van der Waals surface area contributed by atoms with E-state index in [1.807, 2.05) is 25.1 Å². The Morgan fingerprint density at radius 1 is 1.29 bits per heavy atom. The van der Waals surface area contributed by atoms with Crippen molar-refractivity contribution in [3.63, 3.8) is 0 Å². The first-order valence-corrected chi connectivity index (χ1v) is 7.85. The van der Waals surface area contributed by atoms with Crippen LogP contribution in [-0.4, -0.2) is 9.97 Å². The van der Waals surface area contributed by atoms with Crippen molar-refractivity contribution in [3.05, 3.63) is 39.7 Å². The number of nitrogens with two attached hydrogens (primary N) is 1. The molecule has 0 aliphatic carbocycles. The topological polar surface area (TPSA) is 63.8 Å². The number of rotatable bonds is 3. The van der Waals surface area contributed by atoms with E-state index < -0.39 is 0 Å². The molecule has 0 aliphatic rings. The van der Waals surface area contributed by atoms with Crippen molar-refractivity contribution in [3.8, 4) is 0 Å². The van der Waals surface area contributed by atoms with Gasteiger partial charge >= 0.3 is 0 Å². The van der Waals surface area contributed by atoms with Gasteiger partial charge in [-0.2, -0.15) is 4.98 Å². The Hall–Kier alpha value is -1.85. The summed E-state index contributed by atoms with van der Waals surface area (Å²) in [6, 6.07) is 7.92. The predicted molar refractivity (Wildman–Crippen MR) is 90.7 cm³/mol. The molecule has 2 heterocycles. The third kappa shape index (κ3) is 2.80. The van der Waals surface area contributed by atoms with E-state index in [1.165, 1.54) is 4.88 Å². The average molecular weight is 319 g/mol. The van der Waals surface area contributed by atoms with Gasteiger partial charge in [-0.15, -0.1) is 11.3 Å². The van der Waals surface area contributed by atoms with Crippen LogP contribution in [0.2, 0.25) is 5.02 Å². The van der Waals surface area contributed by atoms with Gasteiger partial charge in [0.1, 0.15) is 10.6 Å². The molecule has 0 amide bonds. The van der Waals surface area contributed by atoms with Gasteiger partial charge in [0.05, 0.1) is 16.1 Å². The van der Waals surface area contributed by atoms with Crippen molar-refractivity contribution >= 4 is 50.6 Å². The van der Waals surface area contributed by atoms with Crippen molar-refractivity contribution < 1.29 is 0 Å². The Bertz CT molecular complexity index is 813. The van der Waals surface area contributed by atoms with Gasteiger partial charge < -0.3 is 11.1 Å². The van der Waals surface area contributed by atoms with Crippen LogP contribution >= 0.6 is 22.9 Å². The lowest BCUT2D eigenvalue weighted by atomic mass is 10.2. The number of hydrogen-bond donors (Lipinski definition) is 2. The third-order valence-electron chi connectivity index (χ3n) is 3.18. The lowest BCUT2D eigenvalue weighted by Crippen LogP contribution is -2.00. The van der Waals surface area contributed by atoms with Crippen LogP contribution in [0.25, 0.3) is 10.2 Å². The molecule has 0 aliphatic heterocycles. The molecule has 3 aromatic rings. The van der Waals surface area contributed by atoms with Crippen molar-refractivity contribution in [2.45, 2.75) is 20.3 Å². The zero-order chi connectivity index (χ0) is 15.0. The van der Waals surface area contributed by atoms with Gasteiger partial charge in [0.2, 0.25) is 5.95 Å². The molecule has 0 spiro atoms. The molecule has 0 saturated heterocycles. The summed E-state index contributed by atoms with van der Waals surface area (Å²) in [7, 11) is 0. The van der Waals surface area contributed by atoms with Crippen molar-refractivity contribution in [2.75, 3.05) is 11.1 Å². The SMILES string of the molecule is CCc1cc2c(Nc3cc(C)ccc3Cl)nc(N)nc2s1. The fraction of sp³-hybridized carbons (Fsp3) is 0.200. The summed E-state index contributed by atoms with van der Waals surface area (Å²) >= 11 is 7.87. The van der Waals surface area contributed by atoms with E-state index in [0.717, 1.165) is 27.9 Å². The second-order valence-corrected chi connectivity index (χ2v) is 6.35. The first kappa shape index (κ1) is 14.1. The second-order valence-electron chi connectivity index (χ2n) is 4.82. The van der Waals surface area contributed by atoms with Crippen LogP contribution in [0.5, 0.6) is 0 Å². The minimum Gasteiger partial charge on any atom is -0.368 e. The number of fused-ring (bicyclic) bond motifs is 1. The van der Waals surface area contributed by atoms with Crippen molar-refractivity contribution in [1.29, 1.82) is 0 Å². The standard InChI is InChI=1S/C15H15ClN4S/c1-3-9-7-10-13(19-15(17)20-14(10)21-9)18-12-6-8(2)4-5-11(12)16/h4-7H,3H2,1-2H3,(H3,17,18,19,20). The number of nitrogens with zero attached hydrogens (tertiary/aromatic N) is 2. The lowest BCUT2D eigenvalue weighted by molar-refractivity contribution is 1.19. The molecule has 108 valence electrons. The summed E-state index contributed by atoms with van der Waals surface area (Å²) in [5, 5.41) is 4.90. The number of halogens is 1. The lowest BCUT2D eigenvalue weighted by Gasteiger charge is -2.10. The average Bonchev–Trinajstić information content (AvgIpc) is 2.86. The van der Waals surface area contributed by atoms with Gasteiger partial charge in [-0.3, -0.25) is 0 Å². The smallest absolute Gasteiger partial charge is 0.223 e. The van der Waals surface area contributed by atoms with E-state index in [9.17, 15) is 0 Å². The molecule has 3 N–H and O–H groups in total. The molecule has 0 fully saturated rings. The number of nitrogen functional groups attached to an aromatic ring is 1. The Balaban J connectivity index is 2.11. The zero-order valence-electron chi connectivity index (χ0n) is 11.8. The molecule has 0 saturated carbocycles. The van der Waals surface area contributed by atoms with Gasteiger partial charge in [0.25, 0.3) is 0 Å². The summed E-state index contributed by atoms with van der Waals surface area (Å²) in [5.41, 5.74) is 7.75. The number of aryl methyl sites for hydroxylation is 2.